The van der Waals surface area contributed by atoms with Crippen molar-refractivity contribution in [1.82, 2.24) is 0 Å². The van der Waals surface area contributed by atoms with Gasteiger partial charge in [0.05, 0.1) is 0 Å². The van der Waals surface area contributed by atoms with Crippen LogP contribution in [0.25, 0.3) is 142 Å². The lowest BCUT2D eigenvalue weighted by molar-refractivity contribution is 1.69. The highest BCUT2D eigenvalue weighted by molar-refractivity contribution is 6.40. The Bertz CT molecular complexity index is 3530. The van der Waals surface area contributed by atoms with E-state index in [1.807, 2.05) is 0 Å². The minimum atomic E-state index is 1.25. The Kier molecular flexibility index (Phi) is 5.85. The number of rotatable bonds is 2. The van der Waals surface area contributed by atoms with Gasteiger partial charge in [0, 0.05) is 0 Å². The van der Waals surface area contributed by atoms with Gasteiger partial charge in [-0.2, -0.15) is 0 Å². The molecule has 0 nitrogen and oxygen atoms in total. The minimum absolute atomic E-state index is 1.25. The molecule has 0 radical (unpaired) electrons. The maximum atomic E-state index is 2.49. The van der Waals surface area contributed by atoms with Gasteiger partial charge in [0.15, 0.2) is 0 Å². The molecule has 2 aliphatic carbocycles. The summed E-state index contributed by atoms with van der Waals surface area (Å²) in [6, 6.07) is 73.3. The fraction of sp³-hybridized carbons (Fsp3) is 0. The van der Waals surface area contributed by atoms with Crippen LogP contribution in [0.1, 0.15) is 0 Å². The molecular weight excluding hydrogens is 697 g/mol. The van der Waals surface area contributed by atoms with E-state index in [0.717, 1.165) is 0 Å². The second kappa shape index (κ2) is 11.1. The van der Waals surface area contributed by atoms with E-state index >= 15 is 0 Å². The predicted octanol–water partition coefficient (Wildman–Crippen LogP) is 16.4. The first-order chi connectivity index (χ1) is 28.8. The van der Waals surface area contributed by atoms with Gasteiger partial charge in [-0.25, -0.2) is 0 Å². The summed E-state index contributed by atoms with van der Waals surface area (Å²) in [6.07, 6.45) is 0. The SMILES string of the molecule is c1ccc2c(c1)-c1cccc3c(-c4ccc5c6ccccc6c6c7cc(-c8ccc9c%10c(cccc8%10)-c8ccccc8-9)ccc7c7ccccc7c6c5c4)ccc-2c13. The van der Waals surface area contributed by atoms with Crippen molar-refractivity contribution in [2.24, 2.45) is 0 Å². The maximum Gasteiger partial charge on any atom is -0.00137 e. The molecule has 0 spiro atoms. The van der Waals surface area contributed by atoms with E-state index in [9.17, 15) is 0 Å². The second-order valence-electron chi connectivity index (χ2n) is 16.2. The summed E-state index contributed by atoms with van der Waals surface area (Å²) in [5.41, 5.74) is 15.7. The van der Waals surface area contributed by atoms with E-state index in [4.69, 9.17) is 0 Å². The highest BCUT2D eigenvalue weighted by Gasteiger charge is 2.25. The van der Waals surface area contributed by atoms with Gasteiger partial charge in [-0.3, -0.25) is 0 Å². The van der Waals surface area contributed by atoms with Crippen LogP contribution in [0.15, 0.2) is 194 Å². The zero-order valence-electron chi connectivity index (χ0n) is 31.5. The number of benzene rings is 12. The van der Waals surface area contributed by atoms with E-state index in [2.05, 4.69) is 194 Å². The number of hydrogen-bond donors (Lipinski definition) is 0. The third kappa shape index (κ3) is 3.85. The fourth-order valence-electron chi connectivity index (χ4n) is 11.1. The Balaban J connectivity index is 1.08. The second-order valence-corrected chi connectivity index (χ2v) is 16.2. The molecule has 0 unspecified atom stereocenters. The normalized spacial score (nSPS) is 12.5. The van der Waals surface area contributed by atoms with Crippen molar-refractivity contribution in [3.8, 4) is 66.8 Å². The van der Waals surface area contributed by atoms with Crippen molar-refractivity contribution in [2.45, 2.75) is 0 Å². The molecule has 0 aromatic heterocycles. The average molecular weight is 729 g/mol. The molecular formula is C58H32. The first-order valence-electron chi connectivity index (χ1n) is 20.3. The van der Waals surface area contributed by atoms with Crippen LogP contribution in [-0.2, 0) is 0 Å². The lowest BCUT2D eigenvalue weighted by Gasteiger charge is -2.18. The Morgan fingerprint density at radius 2 is 0.466 bits per heavy atom. The smallest absolute Gasteiger partial charge is 0.00137 e. The first kappa shape index (κ1) is 30.7. The van der Waals surface area contributed by atoms with Crippen LogP contribution in [0.5, 0.6) is 0 Å². The van der Waals surface area contributed by atoms with Crippen molar-refractivity contribution >= 4 is 75.4 Å². The van der Waals surface area contributed by atoms with Crippen LogP contribution < -0.4 is 0 Å². The van der Waals surface area contributed by atoms with Crippen molar-refractivity contribution < 1.29 is 0 Å². The average Bonchev–Trinajstić information content (AvgIpc) is 3.80. The Morgan fingerprint density at radius 1 is 0.155 bits per heavy atom. The summed E-state index contributed by atoms with van der Waals surface area (Å²) in [4.78, 5) is 0. The van der Waals surface area contributed by atoms with Gasteiger partial charge < -0.3 is 0 Å². The summed E-state index contributed by atoms with van der Waals surface area (Å²) in [5, 5.41) is 18.3. The highest BCUT2D eigenvalue weighted by atomic mass is 14.3. The zero-order chi connectivity index (χ0) is 37.6. The minimum Gasteiger partial charge on any atom is -0.0616 e. The molecule has 0 amide bonds. The molecule has 0 saturated heterocycles. The quantitative estimate of drug-likeness (QED) is 0.156. The Hall–Kier alpha value is -7.54. The number of fused-ring (bicyclic) bond motifs is 17. The molecule has 0 saturated carbocycles. The van der Waals surface area contributed by atoms with E-state index in [1.165, 1.54) is 142 Å². The van der Waals surface area contributed by atoms with Gasteiger partial charge in [-0.05, 0) is 154 Å². The summed E-state index contributed by atoms with van der Waals surface area (Å²) in [6.45, 7) is 0. The van der Waals surface area contributed by atoms with Crippen molar-refractivity contribution in [2.75, 3.05) is 0 Å². The zero-order valence-corrected chi connectivity index (χ0v) is 31.5. The molecule has 12 aromatic carbocycles. The largest absolute Gasteiger partial charge is 0.0616 e. The summed E-state index contributed by atoms with van der Waals surface area (Å²) in [5.74, 6) is 0. The molecule has 0 fully saturated rings. The van der Waals surface area contributed by atoms with Crippen LogP contribution in [-0.4, -0.2) is 0 Å². The standard InChI is InChI=1S/C58H32/c1-3-13-39-37(11-1)47-21-9-19-45-35(27-29-51(39)55(45)47)33-23-25-43-41-15-5-8-18-50(41)58-54-32-34(24-26-44(54)42-16-6-7-17-49(42)57(58)53(43)31-33)36-28-30-52-40-14-4-2-12-38(40)48-22-10-20-46(36)56(48)52/h1-32H. The summed E-state index contributed by atoms with van der Waals surface area (Å²) >= 11 is 0. The lowest BCUT2D eigenvalue weighted by atomic mass is 9.84. The molecule has 0 aliphatic heterocycles. The van der Waals surface area contributed by atoms with E-state index in [0.29, 0.717) is 0 Å². The van der Waals surface area contributed by atoms with Gasteiger partial charge in [-0.15, -0.1) is 0 Å². The monoisotopic (exact) mass is 728 g/mol. The van der Waals surface area contributed by atoms with Gasteiger partial charge in [0.1, 0.15) is 0 Å². The first-order valence-corrected chi connectivity index (χ1v) is 20.3. The van der Waals surface area contributed by atoms with Crippen LogP contribution in [0.3, 0.4) is 0 Å². The molecule has 14 rings (SSSR count). The predicted molar refractivity (Wildman–Crippen MR) is 249 cm³/mol. The topological polar surface area (TPSA) is 0 Å². The number of hydrogen-bond acceptors (Lipinski definition) is 0. The Morgan fingerprint density at radius 3 is 0.897 bits per heavy atom. The third-order valence-electron chi connectivity index (χ3n) is 13.5. The molecule has 0 N–H and O–H groups in total. The van der Waals surface area contributed by atoms with Gasteiger partial charge in [0.25, 0.3) is 0 Å². The highest BCUT2D eigenvalue weighted by Crippen LogP contribution is 2.52. The van der Waals surface area contributed by atoms with Crippen LogP contribution >= 0.6 is 0 Å². The molecule has 0 heterocycles. The molecule has 2 aliphatic rings. The summed E-state index contributed by atoms with van der Waals surface area (Å²) < 4.78 is 0. The van der Waals surface area contributed by atoms with Crippen LogP contribution in [0, 0.1) is 0 Å². The van der Waals surface area contributed by atoms with E-state index in [1.54, 1.807) is 0 Å². The van der Waals surface area contributed by atoms with Crippen molar-refractivity contribution in [3.05, 3.63) is 194 Å². The lowest BCUT2D eigenvalue weighted by Crippen LogP contribution is -1.91. The maximum absolute atomic E-state index is 2.49. The molecule has 0 heteroatoms. The molecule has 264 valence electrons. The molecule has 12 aromatic rings. The fourth-order valence-corrected chi connectivity index (χ4v) is 11.1. The van der Waals surface area contributed by atoms with Crippen LogP contribution in [0.4, 0.5) is 0 Å². The van der Waals surface area contributed by atoms with Gasteiger partial charge in [-0.1, -0.05) is 182 Å². The van der Waals surface area contributed by atoms with Gasteiger partial charge >= 0.3 is 0 Å². The van der Waals surface area contributed by atoms with E-state index < -0.39 is 0 Å². The Labute approximate surface area is 334 Å². The van der Waals surface area contributed by atoms with Gasteiger partial charge in [0.2, 0.25) is 0 Å². The summed E-state index contributed by atoms with van der Waals surface area (Å²) in [7, 11) is 0. The molecule has 0 atom stereocenters. The van der Waals surface area contributed by atoms with Crippen molar-refractivity contribution in [1.29, 1.82) is 0 Å². The third-order valence-corrected chi connectivity index (χ3v) is 13.5. The van der Waals surface area contributed by atoms with E-state index in [-0.39, 0.29) is 0 Å². The molecule has 0 bridgehead atoms. The van der Waals surface area contributed by atoms with Crippen molar-refractivity contribution in [3.63, 3.8) is 0 Å². The van der Waals surface area contributed by atoms with Crippen LogP contribution in [0.2, 0.25) is 0 Å². The molecule has 58 heavy (non-hydrogen) atoms.